The summed E-state index contributed by atoms with van der Waals surface area (Å²) >= 11 is 9.34. The van der Waals surface area contributed by atoms with Crippen LogP contribution in [0.25, 0.3) is 0 Å². The second kappa shape index (κ2) is 5.15. The average Bonchev–Trinajstić information content (AvgIpc) is 2.09. The summed E-state index contributed by atoms with van der Waals surface area (Å²) in [6.07, 6.45) is 0.884. The highest BCUT2D eigenvalue weighted by Crippen LogP contribution is 2.23. The van der Waals surface area contributed by atoms with Crippen molar-refractivity contribution in [1.82, 2.24) is 0 Å². The van der Waals surface area contributed by atoms with E-state index >= 15 is 0 Å². The molecule has 0 fully saturated rings. The maximum absolute atomic E-state index is 6.00. The van der Waals surface area contributed by atoms with Crippen LogP contribution < -0.4 is 5.73 Å². The van der Waals surface area contributed by atoms with Crippen molar-refractivity contribution in [2.24, 2.45) is 11.7 Å². The standard InChI is InChI=1S/C11H15BrClN/c1-7(2)11(14)5-8-3-4-9(13)6-10(8)12/h3-4,6-7,11H,5,14H2,1-2H3. The lowest BCUT2D eigenvalue weighted by atomic mass is 9.97. The summed E-state index contributed by atoms with van der Waals surface area (Å²) in [5.41, 5.74) is 7.22. The van der Waals surface area contributed by atoms with Crippen LogP contribution in [0.5, 0.6) is 0 Å². The first-order valence-corrected chi connectivity index (χ1v) is 5.87. The molecule has 0 saturated carbocycles. The van der Waals surface area contributed by atoms with E-state index in [9.17, 15) is 0 Å². The zero-order chi connectivity index (χ0) is 10.7. The van der Waals surface area contributed by atoms with Gasteiger partial charge in [0.15, 0.2) is 0 Å². The Hall–Kier alpha value is -0.0500. The third-order valence-electron chi connectivity index (χ3n) is 2.33. The lowest BCUT2D eigenvalue weighted by molar-refractivity contribution is 0.490. The molecule has 0 aliphatic heterocycles. The molecule has 1 rings (SSSR count). The van der Waals surface area contributed by atoms with Crippen LogP contribution >= 0.6 is 27.5 Å². The molecule has 1 unspecified atom stereocenters. The Balaban J connectivity index is 2.77. The minimum absolute atomic E-state index is 0.201. The van der Waals surface area contributed by atoms with Crippen molar-refractivity contribution >= 4 is 27.5 Å². The van der Waals surface area contributed by atoms with Crippen molar-refractivity contribution in [2.45, 2.75) is 26.3 Å². The number of hydrogen-bond donors (Lipinski definition) is 1. The summed E-state index contributed by atoms with van der Waals surface area (Å²) in [7, 11) is 0. The monoisotopic (exact) mass is 275 g/mol. The molecule has 2 N–H and O–H groups in total. The van der Waals surface area contributed by atoms with Crippen molar-refractivity contribution in [3.63, 3.8) is 0 Å². The van der Waals surface area contributed by atoms with Gasteiger partial charge in [-0.25, -0.2) is 0 Å². The van der Waals surface area contributed by atoms with Crippen LogP contribution in [0.1, 0.15) is 19.4 Å². The van der Waals surface area contributed by atoms with Crippen molar-refractivity contribution in [1.29, 1.82) is 0 Å². The van der Waals surface area contributed by atoms with Crippen LogP contribution in [0, 0.1) is 5.92 Å². The van der Waals surface area contributed by atoms with E-state index in [0.717, 1.165) is 15.9 Å². The molecule has 1 atom stereocenters. The highest BCUT2D eigenvalue weighted by Gasteiger charge is 2.10. The van der Waals surface area contributed by atoms with Gasteiger partial charge in [-0.2, -0.15) is 0 Å². The molecule has 0 saturated heterocycles. The number of rotatable bonds is 3. The van der Waals surface area contributed by atoms with Crippen molar-refractivity contribution in [3.8, 4) is 0 Å². The largest absolute Gasteiger partial charge is 0.327 e. The molecule has 1 nitrogen and oxygen atoms in total. The van der Waals surface area contributed by atoms with E-state index in [0.29, 0.717) is 5.92 Å². The molecule has 78 valence electrons. The van der Waals surface area contributed by atoms with Gasteiger partial charge in [-0.1, -0.05) is 47.4 Å². The van der Waals surface area contributed by atoms with E-state index in [2.05, 4.69) is 29.8 Å². The predicted molar refractivity (Wildman–Crippen MR) is 65.7 cm³/mol. The van der Waals surface area contributed by atoms with Gasteiger partial charge in [0.2, 0.25) is 0 Å². The first-order valence-electron chi connectivity index (χ1n) is 4.70. The minimum Gasteiger partial charge on any atom is -0.327 e. The Morgan fingerprint density at radius 2 is 2.07 bits per heavy atom. The Morgan fingerprint density at radius 1 is 1.43 bits per heavy atom. The van der Waals surface area contributed by atoms with E-state index in [1.165, 1.54) is 5.56 Å². The first kappa shape index (κ1) is 12.0. The zero-order valence-corrected chi connectivity index (χ0v) is 10.8. The Labute approximate surface area is 98.8 Å². The molecule has 0 aromatic heterocycles. The average molecular weight is 277 g/mol. The van der Waals surface area contributed by atoms with Gasteiger partial charge < -0.3 is 5.73 Å². The van der Waals surface area contributed by atoms with E-state index < -0.39 is 0 Å². The quantitative estimate of drug-likeness (QED) is 0.896. The number of halogens is 2. The van der Waals surface area contributed by atoms with Gasteiger partial charge in [0.1, 0.15) is 0 Å². The fourth-order valence-electron chi connectivity index (χ4n) is 1.18. The zero-order valence-electron chi connectivity index (χ0n) is 8.43. The second-order valence-corrected chi connectivity index (χ2v) is 5.14. The third-order valence-corrected chi connectivity index (χ3v) is 3.30. The predicted octanol–water partition coefficient (Wildman–Crippen LogP) is 3.63. The van der Waals surface area contributed by atoms with Crippen LogP contribution in [0.2, 0.25) is 5.02 Å². The van der Waals surface area contributed by atoms with Gasteiger partial charge in [-0.3, -0.25) is 0 Å². The molecule has 0 aliphatic carbocycles. The fraction of sp³-hybridized carbons (Fsp3) is 0.455. The summed E-state index contributed by atoms with van der Waals surface area (Å²) in [6, 6.07) is 6.03. The van der Waals surface area contributed by atoms with E-state index in [1.54, 1.807) is 0 Å². The second-order valence-electron chi connectivity index (χ2n) is 3.85. The molecular weight excluding hydrogens is 261 g/mol. The lowest BCUT2D eigenvalue weighted by Crippen LogP contribution is -2.28. The molecule has 0 spiro atoms. The molecule has 0 aliphatic rings. The molecule has 1 aromatic rings. The van der Waals surface area contributed by atoms with Crippen molar-refractivity contribution in [3.05, 3.63) is 33.3 Å². The number of hydrogen-bond acceptors (Lipinski definition) is 1. The highest BCUT2D eigenvalue weighted by atomic mass is 79.9. The Bertz CT molecular complexity index is 312. The summed E-state index contributed by atoms with van der Waals surface area (Å²) in [4.78, 5) is 0. The molecule has 0 radical (unpaired) electrons. The molecule has 0 amide bonds. The molecular formula is C11H15BrClN. The number of benzene rings is 1. The summed E-state index contributed by atoms with van der Waals surface area (Å²) < 4.78 is 1.04. The summed E-state index contributed by atoms with van der Waals surface area (Å²) in [5.74, 6) is 0.498. The van der Waals surface area contributed by atoms with Gasteiger partial charge in [0.25, 0.3) is 0 Å². The first-order chi connectivity index (χ1) is 6.50. The van der Waals surface area contributed by atoms with Gasteiger partial charge >= 0.3 is 0 Å². The Kier molecular flexibility index (Phi) is 4.42. The van der Waals surface area contributed by atoms with Crippen LogP contribution in [-0.4, -0.2) is 6.04 Å². The maximum Gasteiger partial charge on any atom is 0.0417 e. The van der Waals surface area contributed by atoms with Gasteiger partial charge in [-0.05, 0) is 30.0 Å². The van der Waals surface area contributed by atoms with E-state index in [-0.39, 0.29) is 6.04 Å². The topological polar surface area (TPSA) is 26.0 Å². The normalized spacial score (nSPS) is 13.3. The molecule has 1 aromatic carbocycles. The van der Waals surface area contributed by atoms with Crippen LogP contribution in [0.15, 0.2) is 22.7 Å². The smallest absolute Gasteiger partial charge is 0.0417 e. The van der Waals surface area contributed by atoms with Gasteiger partial charge in [0, 0.05) is 15.5 Å². The van der Waals surface area contributed by atoms with Crippen LogP contribution in [0.4, 0.5) is 0 Å². The van der Waals surface area contributed by atoms with Crippen molar-refractivity contribution in [2.75, 3.05) is 0 Å². The fourth-order valence-corrected chi connectivity index (χ4v) is 2.02. The molecule has 3 heteroatoms. The van der Waals surface area contributed by atoms with Crippen LogP contribution in [-0.2, 0) is 6.42 Å². The number of nitrogens with two attached hydrogens (primary N) is 1. The molecule has 0 heterocycles. The minimum atomic E-state index is 0.201. The van der Waals surface area contributed by atoms with Crippen LogP contribution in [0.3, 0.4) is 0 Å². The van der Waals surface area contributed by atoms with Crippen molar-refractivity contribution < 1.29 is 0 Å². The summed E-state index contributed by atoms with van der Waals surface area (Å²) in [5, 5.41) is 0.749. The molecule has 14 heavy (non-hydrogen) atoms. The van der Waals surface area contributed by atoms with E-state index in [4.69, 9.17) is 17.3 Å². The van der Waals surface area contributed by atoms with Gasteiger partial charge in [0.05, 0.1) is 0 Å². The lowest BCUT2D eigenvalue weighted by Gasteiger charge is -2.16. The SMILES string of the molecule is CC(C)C(N)Cc1ccc(Cl)cc1Br. The third kappa shape index (κ3) is 3.26. The van der Waals surface area contributed by atoms with E-state index in [1.807, 2.05) is 18.2 Å². The highest BCUT2D eigenvalue weighted by molar-refractivity contribution is 9.10. The van der Waals surface area contributed by atoms with Gasteiger partial charge in [-0.15, -0.1) is 0 Å². The Morgan fingerprint density at radius 3 is 2.57 bits per heavy atom. The summed E-state index contributed by atoms with van der Waals surface area (Å²) in [6.45, 7) is 4.27. The molecule has 0 bridgehead atoms. The maximum atomic E-state index is 6.00.